The molecule has 0 saturated carbocycles. The SMILES string of the molecule is CC(=O)N1CC[C@H](c2cc(-c3cccc(C(=O)O)c3)nc(C)n2)C1. The molecule has 6 heteroatoms. The number of carbonyl (C=O) groups is 2. The molecule has 6 nitrogen and oxygen atoms in total. The number of aromatic nitrogens is 2. The van der Waals surface area contributed by atoms with Crippen LogP contribution in [0.1, 0.15) is 41.1 Å². The van der Waals surface area contributed by atoms with Gasteiger partial charge in [0.1, 0.15) is 5.82 Å². The lowest BCUT2D eigenvalue weighted by molar-refractivity contribution is -0.127. The first-order chi connectivity index (χ1) is 11.4. The zero-order valence-corrected chi connectivity index (χ0v) is 13.7. The molecular weight excluding hydrogens is 306 g/mol. The maximum Gasteiger partial charge on any atom is 0.335 e. The van der Waals surface area contributed by atoms with E-state index in [2.05, 4.69) is 9.97 Å². The second kappa shape index (κ2) is 6.39. The first kappa shape index (κ1) is 16.1. The summed E-state index contributed by atoms with van der Waals surface area (Å²) in [6.45, 7) is 4.81. The Kier molecular flexibility index (Phi) is 4.29. The highest BCUT2D eigenvalue weighted by Crippen LogP contribution is 2.28. The Balaban J connectivity index is 1.94. The molecule has 1 aromatic heterocycles. The summed E-state index contributed by atoms with van der Waals surface area (Å²) in [7, 11) is 0. The normalized spacial score (nSPS) is 17.1. The van der Waals surface area contributed by atoms with Crippen molar-refractivity contribution in [3.63, 3.8) is 0 Å². The van der Waals surface area contributed by atoms with Gasteiger partial charge < -0.3 is 10.0 Å². The Morgan fingerprint density at radius 2 is 2.04 bits per heavy atom. The molecule has 1 aliphatic rings. The third-order valence-electron chi connectivity index (χ3n) is 4.31. The Labute approximate surface area is 140 Å². The standard InChI is InChI=1S/C18H19N3O3/c1-11-19-16(13-4-3-5-14(8-13)18(23)24)9-17(20-11)15-6-7-21(10-15)12(2)22/h3-5,8-9,15H,6-7,10H2,1-2H3,(H,23,24)/t15-/m0/s1. The van der Waals surface area contributed by atoms with Crippen molar-refractivity contribution in [2.75, 3.05) is 13.1 Å². The van der Waals surface area contributed by atoms with E-state index in [1.165, 1.54) is 0 Å². The third-order valence-corrected chi connectivity index (χ3v) is 4.31. The monoisotopic (exact) mass is 325 g/mol. The molecule has 124 valence electrons. The second-order valence-corrected chi connectivity index (χ2v) is 6.06. The lowest BCUT2D eigenvalue weighted by Gasteiger charge is -2.14. The molecule has 0 spiro atoms. The van der Waals surface area contributed by atoms with Crippen LogP contribution in [0, 0.1) is 6.92 Å². The number of carboxylic acids is 1. The maximum atomic E-state index is 11.5. The number of carboxylic acid groups (broad SMARTS) is 1. The maximum absolute atomic E-state index is 11.5. The molecule has 0 radical (unpaired) electrons. The topological polar surface area (TPSA) is 83.4 Å². The number of hydrogen-bond acceptors (Lipinski definition) is 4. The molecule has 3 rings (SSSR count). The van der Waals surface area contributed by atoms with E-state index in [-0.39, 0.29) is 17.4 Å². The van der Waals surface area contributed by atoms with Crippen molar-refractivity contribution >= 4 is 11.9 Å². The average molecular weight is 325 g/mol. The Morgan fingerprint density at radius 3 is 2.71 bits per heavy atom. The second-order valence-electron chi connectivity index (χ2n) is 6.06. The molecule has 1 amide bonds. The Hall–Kier alpha value is -2.76. The van der Waals surface area contributed by atoms with Gasteiger partial charge in [-0.3, -0.25) is 4.79 Å². The predicted octanol–water partition coefficient (Wildman–Crippen LogP) is 2.49. The fourth-order valence-electron chi connectivity index (χ4n) is 3.05. The van der Waals surface area contributed by atoms with Gasteiger partial charge in [0.25, 0.3) is 0 Å². The minimum atomic E-state index is -0.962. The summed E-state index contributed by atoms with van der Waals surface area (Å²) >= 11 is 0. The van der Waals surface area contributed by atoms with Gasteiger partial charge in [-0.1, -0.05) is 12.1 Å². The van der Waals surface area contributed by atoms with Crippen LogP contribution in [-0.2, 0) is 4.79 Å². The molecule has 24 heavy (non-hydrogen) atoms. The number of amides is 1. The van der Waals surface area contributed by atoms with Crippen LogP contribution >= 0.6 is 0 Å². The van der Waals surface area contributed by atoms with E-state index < -0.39 is 5.97 Å². The molecule has 0 unspecified atom stereocenters. The molecule has 2 aromatic rings. The molecule has 0 aliphatic carbocycles. The summed E-state index contributed by atoms with van der Waals surface area (Å²) in [5, 5.41) is 9.15. The highest BCUT2D eigenvalue weighted by Gasteiger charge is 2.27. The highest BCUT2D eigenvalue weighted by molar-refractivity contribution is 5.89. The van der Waals surface area contributed by atoms with E-state index in [4.69, 9.17) is 5.11 Å². The fraction of sp³-hybridized carbons (Fsp3) is 0.333. The summed E-state index contributed by atoms with van der Waals surface area (Å²) in [5.74, 6) is -0.0464. The van der Waals surface area contributed by atoms with Crippen molar-refractivity contribution in [3.8, 4) is 11.3 Å². The molecule has 1 aromatic carbocycles. The molecule has 0 bridgehead atoms. The summed E-state index contributed by atoms with van der Waals surface area (Å²) in [6.07, 6.45) is 0.880. The van der Waals surface area contributed by atoms with Gasteiger partial charge in [-0.2, -0.15) is 0 Å². The van der Waals surface area contributed by atoms with Gasteiger partial charge >= 0.3 is 5.97 Å². The minimum absolute atomic E-state index is 0.0812. The van der Waals surface area contributed by atoms with Gasteiger partial charge in [-0.05, 0) is 31.5 Å². The first-order valence-electron chi connectivity index (χ1n) is 7.89. The van der Waals surface area contributed by atoms with Crippen LogP contribution in [-0.4, -0.2) is 44.9 Å². The number of rotatable bonds is 3. The van der Waals surface area contributed by atoms with E-state index in [9.17, 15) is 9.59 Å². The Morgan fingerprint density at radius 1 is 1.25 bits per heavy atom. The van der Waals surface area contributed by atoms with Crippen molar-refractivity contribution in [3.05, 3.63) is 47.4 Å². The van der Waals surface area contributed by atoms with Crippen LogP contribution in [0.15, 0.2) is 30.3 Å². The van der Waals surface area contributed by atoms with Crippen LogP contribution in [0.5, 0.6) is 0 Å². The molecular formula is C18H19N3O3. The van der Waals surface area contributed by atoms with E-state index in [1.807, 2.05) is 24.0 Å². The van der Waals surface area contributed by atoms with E-state index >= 15 is 0 Å². The number of aryl methyl sites for hydroxylation is 1. The number of nitrogens with zero attached hydrogens (tertiary/aromatic N) is 3. The van der Waals surface area contributed by atoms with Gasteiger partial charge in [-0.25, -0.2) is 14.8 Å². The Bertz CT molecular complexity index is 804. The third kappa shape index (κ3) is 3.27. The summed E-state index contributed by atoms with van der Waals surface area (Å²) in [6, 6.07) is 8.63. The zero-order chi connectivity index (χ0) is 17.3. The van der Waals surface area contributed by atoms with E-state index in [1.54, 1.807) is 25.1 Å². The lowest BCUT2D eigenvalue weighted by Crippen LogP contribution is -2.25. The largest absolute Gasteiger partial charge is 0.478 e. The van der Waals surface area contributed by atoms with E-state index in [0.717, 1.165) is 24.2 Å². The molecule has 2 heterocycles. The van der Waals surface area contributed by atoms with Crippen LogP contribution in [0.2, 0.25) is 0 Å². The van der Waals surface area contributed by atoms with E-state index in [0.29, 0.717) is 18.1 Å². The van der Waals surface area contributed by atoms with Gasteiger partial charge in [0, 0.05) is 37.2 Å². The zero-order valence-electron chi connectivity index (χ0n) is 13.7. The fourth-order valence-corrected chi connectivity index (χ4v) is 3.05. The summed E-state index contributed by atoms with van der Waals surface area (Å²) in [4.78, 5) is 33.5. The summed E-state index contributed by atoms with van der Waals surface area (Å²) in [5.41, 5.74) is 2.60. The van der Waals surface area contributed by atoms with Gasteiger partial charge in [0.15, 0.2) is 0 Å². The van der Waals surface area contributed by atoms with Crippen molar-refractivity contribution in [1.29, 1.82) is 0 Å². The van der Waals surface area contributed by atoms with Crippen LogP contribution in [0.25, 0.3) is 11.3 Å². The minimum Gasteiger partial charge on any atom is -0.478 e. The molecule has 1 atom stereocenters. The van der Waals surface area contributed by atoms with Crippen LogP contribution in [0.4, 0.5) is 0 Å². The van der Waals surface area contributed by atoms with Crippen LogP contribution < -0.4 is 0 Å². The van der Waals surface area contributed by atoms with Crippen LogP contribution in [0.3, 0.4) is 0 Å². The summed E-state index contributed by atoms with van der Waals surface area (Å²) < 4.78 is 0. The van der Waals surface area contributed by atoms with Gasteiger partial charge in [0.2, 0.25) is 5.91 Å². The lowest BCUT2D eigenvalue weighted by atomic mass is 10.0. The number of hydrogen-bond donors (Lipinski definition) is 1. The predicted molar refractivity (Wildman–Crippen MR) is 88.8 cm³/mol. The number of aromatic carboxylic acids is 1. The van der Waals surface area contributed by atoms with Gasteiger partial charge in [-0.15, -0.1) is 0 Å². The van der Waals surface area contributed by atoms with Crippen molar-refractivity contribution in [2.45, 2.75) is 26.2 Å². The average Bonchev–Trinajstić information content (AvgIpc) is 3.05. The van der Waals surface area contributed by atoms with Crippen molar-refractivity contribution in [2.24, 2.45) is 0 Å². The number of benzene rings is 1. The van der Waals surface area contributed by atoms with Gasteiger partial charge in [0.05, 0.1) is 11.3 Å². The smallest absolute Gasteiger partial charge is 0.335 e. The molecule has 1 aliphatic heterocycles. The molecule has 1 saturated heterocycles. The number of likely N-dealkylation sites (tertiary alicyclic amines) is 1. The van der Waals surface area contributed by atoms with Crippen molar-refractivity contribution < 1.29 is 14.7 Å². The first-order valence-corrected chi connectivity index (χ1v) is 7.89. The molecule has 1 N–H and O–H groups in total. The van der Waals surface area contributed by atoms with Crippen molar-refractivity contribution in [1.82, 2.24) is 14.9 Å². The molecule has 1 fully saturated rings. The quantitative estimate of drug-likeness (QED) is 0.937. The number of carbonyl (C=O) groups excluding carboxylic acids is 1. The highest BCUT2D eigenvalue weighted by atomic mass is 16.4.